The lowest BCUT2D eigenvalue weighted by Crippen LogP contribution is -2.34. The van der Waals surface area contributed by atoms with Crippen LogP contribution in [-0.2, 0) is 6.54 Å². The molecule has 4 rings (SSSR count). The van der Waals surface area contributed by atoms with Crippen LogP contribution in [0, 0.1) is 13.8 Å². The molecule has 0 N–H and O–H groups in total. The Bertz CT molecular complexity index is 840. The number of benzene rings is 1. The van der Waals surface area contributed by atoms with Gasteiger partial charge < -0.3 is 4.90 Å². The fourth-order valence-electron chi connectivity index (χ4n) is 3.35. The third-order valence-electron chi connectivity index (χ3n) is 4.45. The predicted octanol–water partition coefficient (Wildman–Crippen LogP) is 2.51. The van der Waals surface area contributed by atoms with Gasteiger partial charge in [0.1, 0.15) is 17.5 Å². The van der Waals surface area contributed by atoms with Gasteiger partial charge in [-0.25, -0.2) is 14.6 Å². The average molecular weight is 308 g/mol. The van der Waals surface area contributed by atoms with Crippen LogP contribution < -0.4 is 4.90 Å². The monoisotopic (exact) mass is 308 g/mol. The Morgan fingerprint density at radius 2 is 1.96 bits per heavy atom. The number of anilines is 1. The molecular formula is C17H20N6. The first-order chi connectivity index (χ1) is 11.2. The Hall–Kier alpha value is -2.50. The number of rotatable bonds is 3. The maximum Gasteiger partial charge on any atom is 0.148 e. The van der Waals surface area contributed by atoms with Gasteiger partial charge in [-0.1, -0.05) is 12.1 Å². The fraction of sp³-hybridized carbons (Fsp3) is 0.412. The van der Waals surface area contributed by atoms with Crippen molar-refractivity contribution >= 4 is 16.9 Å². The predicted molar refractivity (Wildman–Crippen MR) is 89.4 cm³/mol. The number of aromatic nitrogens is 5. The van der Waals surface area contributed by atoms with Gasteiger partial charge in [-0.3, -0.25) is 4.98 Å². The summed E-state index contributed by atoms with van der Waals surface area (Å²) in [4.78, 5) is 16.1. The highest BCUT2D eigenvalue weighted by Gasteiger charge is 2.27. The number of fused-ring (bicyclic) bond motifs is 1. The van der Waals surface area contributed by atoms with Crippen LogP contribution in [0.3, 0.4) is 0 Å². The zero-order chi connectivity index (χ0) is 15.8. The lowest BCUT2D eigenvalue weighted by molar-refractivity contribution is 0.495. The quantitative estimate of drug-likeness (QED) is 0.744. The van der Waals surface area contributed by atoms with Crippen molar-refractivity contribution in [2.45, 2.75) is 39.3 Å². The third kappa shape index (κ3) is 2.65. The largest absolute Gasteiger partial charge is 0.350 e. The number of hydrogen-bond donors (Lipinski definition) is 0. The van der Waals surface area contributed by atoms with E-state index in [-0.39, 0.29) is 0 Å². The number of nitrogens with zero attached hydrogens (tertiary/aromatic N) is 6. The molecule has 1 atom stereocenters. The Kier molecular flexibility index (Phi) is 3.44. The summed E-state index contributed by atoms with van der Waals surface area (Å²) in [5, 5.41) is 4.49. The second-order valence-electron chi connectivity index (χ2n) is 6.09. The summed E-state index contributed by atoms with van der Waals surface area (Å²) in [7, 11) is 0. The summed E-state index contributed by atoms with van der Waals surface area (Å²) in [6.45, 7) is 5.81. The van der Waals surface area contributed by atoms with Gasteiger partial charge in [0, 0.05) is 6.54 Å². The highest BCUT2D eigenvalue weighted by Crippen LogP contribution is 2.26. The van der Waals surface area contributed by atoms with E-state index in [0.717, 1.165) is 48.0 Å². The molecule has 1 aliphatic heterocycles. The van der Waals surface area contributed by atoms with Gasteiger partial charge in [-0.05, 0) is 38.8 Å². The van der Waals surface area contributed by atoms with E-state index < -0.39 is 0 Å². The number of hydrogen-bond acceptors (Lipinski definition) is 5. The minimum atomic E-state index is 0.394. The lowest BCUT2D eigenvalue weighted by atomic mass is 10.2. The van der Waals surface area contributed by atoms with E-state index in [1.165, 1.54) is 6.42 Å². The molecule has 0 bridgehead atoms. The Morgan fingerprint density at radius 3 is 2.74 bits per heavy atom. The van der Waals surface area contributed by atoms with Crippen molar-refractivity contribution in [3.63, 3.8) is 0 Å². The van der Waals surface area contributed by atoms with E-state index in [1.54, 1.807) is 0 Å². The van der Waals surface area contributed by atoms with Crippen LogP contribution in [0.25, 0.3) is 11.0 Å². The molecule has 1 fully saturated rings. The van der Waals surface area contributed by atoms with Gasteiger partial charge in [-0.15, -0.1) is 0 Å². The van der Waals surface area contributed by atoms with Crippen LogP contribution in [0.2, 0.25) is 0 Å². The van der Waals surface area contributed by atoms with Crippen LogP contribution >= 0.6 is 0 Å². The molecule has 1 saturated heterocycles. The molecule has 0 saturated carbocycles. The molecule has 118 valence electrons. The zero-order valence-electron chi connectivity index (χ0n) is 13.5. The molecule has 1 aliphatic rings. The zero-order valence-corrected chi connectivity index (χ0v) is 13.5. The summed E-state index contributed by atoms with van der Waals surface area (Å²) in [5.74, 6) is 2.76. The van der Waals surface area contributed by atoms with Gasteiger partial charge in [-0.2, -0.15) is 5.10 Å². The van der Waals surface area contributed by atoms with E-state index in [0.29, 0.717) is 6.04 Å². The maximum atomic E-state index is 4.79. The van der Waals surface area contributed by atoms with Crippen molar-refractivity contribution in [1.82, 2.24) is 24.7 Å². The SMILES string of the molecule is Cc1nc(C)n(CC2CCCN2c2cnc3ccccc3n2)n1. The molecular weight excluding hydrogens is 288 g/mol. The molecule has 0 radical (unpaired) electrons. The number of para-hydroxylation sites is 2. The molecule has 6 heteroatoms. The van der Waals surface area contributed by atoms with Gasteiger partial charge in [0.2, 0.25) is 0 Å². The summed E-state index contributed by atoms with van der Waals surface area (Å²) >= 11 is 0. The second kappa shape index (κ2) is 5.61. The van der Waals surface area contributed by atoms with Crippen LogP contribution in [0.4, 0.5) is 5.82 Å². The normalized spacial score (nSPS) is 18.0. The van der Waals surface area contributed by atoms with Gasteiger partial charge in [0.15, 0.2) is 0 Å². The highest BCUT2D eigenvalue weighted by atomic mass is 15.4. The standard InChI is InChI=1S/C17H20N6/c1-12-19-13(2)23(21-12)11-14-6-5-9-22(14)17-10-18-15-7-3-4-8-16(15)20-17/h3-4,7-8,10,14H,5-6,9,11H2,1-2H3. The van der Waals surface area contributed by atoms with Crippen molar-refractivity contribution in [1.29, 1.82) is 0 Å². The lowest BCUT2D eigenvalue weighted by Gasteiger charge is -2.25. The van der Waals surface area contributed by atoms with Crippen LogP contribution in [0.15, 0.2) is 30.5 Å². The minimum absolute atomic E-state index is 0.394. The number of aryl methyl sites for hydroxylation is 2. The summed E-state index contributed by atoms with van der Waals surface area (Å²) in [5.41, 5.74) is 1.89. The maximum absolute atomic E-state index is 4.79. The molecule has 3 heterocycles. The Morgan fingerprint density at radius 1 is 1.13 bits per heavy atom. The molecule has 0 aliphatic carbocycles. The second-order valence-corrected chi connectivity index (χ2v) is 6.09. The van der Waals surface area contributed by atoms with E-state index in [1.807, 2.05) is 49.0 Å². The van der Waals surface area contributed by atoms with Gasteiger partial charge in [0.05, 0.1) is 29.8 Å². The first kappa shape index (κ1) is 14.1. The molecule has 2 aromatic heterocycles. The molecule has 0 spiro atoms. The Labute approximate surface area is 135 Å². The highest BCUT2D eigenvalue weighted by molar-refractivity contribution is 5.75. The molecule has 0 amide bonds. The van der Waals surface area contributed by atoms with Crippen molar-refractivity contribution in [2.24, 2.45) is 0 Å². The van der Waals surface area contributed by atoms with Crippen molar-refractivity contribution in [2.75, 3.05) is 11.4 Å². The molecule has 6 nitrogen and oxygen atoms in total. The van der Waals surface area contributed by atoms with E-state index in [9.17, 15) is 0 Å². The van der Waals surface area contributed by atoms with Crippen molar-refractivity contribution in [3.05, 3.63) is 42.1 Å². The van der Waals surface area contributed by atoms with E-state index in [4.69, 9.17) is 4.98 Å². The molecule has 23 heavy (non-hydrogen) atoms. The van der Waals surface area contributed by atoms with Crippen LogP contribution in [0.1, 0.15) is 24.5 Å². The molecule has 1 aromatic carbocycles. The van der Waals surface area contributed by atoms with Crippen LogP contribution in [0.5, 0.6) is 0 Å². The summed E-state index contributed by atoms with van der Waals surface area (Å²) in [6.07, 6.45) is 4.21. The first-order valence-corrected chi connectivity index (χ1v) is 8.07. The molecule has 3 aromatic rings. The third-order valence-corrected chi connectivity index (χ3v) is 4.45. The minimum Gasteiger partial charge on any atom is -0.350 e. The van der Waals surface area contributed by atoms with E-state index >= 15 is 0 Å². The molecule has 1 unspecified atom stereocenters. The smallest absolute Gasteiger partial charge is 0.148 e. The van der Waals surface area contributed by atoms with Crippen LogP contribution in [-0.4, -0.2) is 37.3 Å². The fourth-order valence-corrected chi connectivity index (χ4v) is 3.35. The van der Waals surface area contributed by atoms with E-state index in [2.05, 4.69) is 20.0 Å². The van der Waals surface area contributed by atoms with Gasteiger partial charge in [0.25, 0.3) is 0 Å². The summed E-state index contributed by atoms with van der Waals surface area (Å²) in [6, 6.07) is 8.40. The summed E-state index contributed by atoms with van der Waals surface area (Å²) < 4.78 is 2.01. The van der Waals surface area contributed by atoms with Crippen molar-refractivity contribution in [3.8, 4) is 0 Å². The topological polar surface area (TPSA) is 59.7 Å². The van der Waals surface area contributed by atoms with Crippen molar-refractivity contribution < 1.29 is 0 Å². The average Bonchev–Trinajstić information content (AvgIpc) is 3.14. The first-order valence-electron chi connectivity index (χ1n) is 8.07. The Balaban J connectivity index is 1.62. The van der Waals surface area contributed by atoms with Gasteiger partial charge >= 0.3 is 0 Å².